The monoisotopic (exact) mass is 403 g/mol. The summed E-state index contributed by atoms with van der Waals surface area (Å²) in [4.78, 5) is 22.0. The van der Waals surface area contributed by atoms with Gasteiger partial charge in [-0.1, -0.05) is 12.8 Å². The van der Waals surface area contributed by atoms with Crippen LogP contribution in [0.15, 0.2) is 11.4 Å². The minimum atomic E-state index is -1.26. The molecule has 28 heavy (non-hydrogen) atoms. The SMILES string of the molecule is CS(=O)c1ncc(C(=O)NC2C3CC4CC2CC(O)(C4)C3)c(C2CCCC2)n1. The molecule has 5 aliphatic rings. The number of nitrogens with one attached hydrogen (secondary N) is 1. The number of nitrogens with zero attached hydrogens (tertiary/aromatic N) is 2. The molecule has 2 N–H and O–H groups in total. The van der Waals surface area contributed by atoms with Crippen LogP contribution in [0.25, 0.3) is 0 Å². The maximum atomic E-state index is 13.2. The molecule has 6 rings (SSSR count). The third-order valence-corrected chi connectivity index (χ3v) is 8.29. The van der Waals surface area contributed by atoms with Crippen LogP contribution in [-0.4, -0.2) is 43.1 Å². The second-order valence-electron chi connectivity index (χ2n) is 9.58. The summed E-state index contributed by atoms with van der Waals surface area (Å²) in [6.07, 6.45) is 12.3. The highest BCUT2D eigenvalue weighted by molar-refractivity contribution is 7.84. The Balaban J connectivity index is 1.40. The third kappa shape index (κ3) is 3.20. The number of carbonyl (C=O) groups is 1. The van der Waals surface area contributed by atoms with Gasteiger partial charge < -0.3 is 10.4 Å². The van der Waals surface area contributed by atoms with Crippen LogP contribution in [0.5, 0.6) is 0 Å². The molecule has 3 unspecified atom stereocenters. The number of rotatable bonds is 4. The third-order valence-electron chi connectivity index (χ3n) is 7.58. The second kappa shape index (κ2) is 6.87. The van der Waals surface area contributed by atoms with Gasteiger partial charge in [-0.2, -0.15) is 0 Å². The first kappa shape index (κ1) is 18.7. The van der Waals surface area contributed by atoms with Crippen molar-refractivity contribution in [2.75, 3.05) is 6.26 Å². The number of carbonyl (C=O) groups excluding carboxylic acids is 1. The van der Waals surface area contributed by atoms with Gasteiger partial charge in [-0.3, -0.25) is 9.00 Å². The van der Waals surface area contributed by atoms with E-state index in [9.17, 15) is 14.1 Å². The molecule has 0 spiro atoms. The van der Waals surface area contributed by atoms with Gasteiger partial charge in [-0.15, -0.1) is 0 Å². The molecule has 5 aliphatic carbocycles. The van der Waals surface area contributed by atoms with Crippen LogP contribution in [0, 0.1) is 17.8 Å². The van der Waals surface area contributed by atoms with Crippen LogP contribution in [-0.2, 0) is 10.8 Å². The van der Waals surface area contributed by atoms with E-state index in [-0.39, 0.29) is 17.9 Å². The van der Waals surface area contributed by atoms with E-state index in [2.05, 4.69) is 15.3 Å². The van der Waals surface area contributed by atoms with Crippen molar-refractivity contribution < 1.29 is 14.1 Å². The van der Waals surface area contributed by atoms with Gasteiger partial charge in [-0.25, -0.2) is 9.97 Å². The van der Waals surface area contributed by atoms with Crippen molar-refractivity contribution in [3.05, 3.63) is 17.5 Å². The molecule has 0 aliphatic heterocycles. The molecule has 1 amide bonds. The Morgan fingerprint density at radius 3 is 2.50 bits per heavy atom. The summed E-state index contributed by atoms with van der Waals surface area (Å²) in [5.41, 5.74) is 0.828. The quantitative estimate of drug-likeness (QED) is 0.754. The maximum absolute atomic E-state index is 13.2. The fraction of sp³-hybridized carbons (Fsp3) is 0.762. The summed E-state index contributed by atoms with van der Waals surface area (Å²) < 4.78 is 11.9. The first-order chi connectivity index (χ1) is 13.4. The van der Waals surface area contributed by atoms with Crippen LogP contribution in [0.2, 0.25) is 0 Å². The molecule has 1 heterocycles. The summed E-state index contributed by atoms with van der Waals surface area (Å²) >= 11 is 0. The fourth-order valence-electron chi connectivity index (χ4n) is 6.65. The average molecular weight is 404 g/mol. The van der Waals surface area contributed by atoms with Crippen molar-refractivity contribution in [3.63, 3.8) is 0 Å². The average Bonchev–Trinajstić information content (AvgIpc) is 3.17. The van der Waals surface area contributed by atoms with Crippen molar-refractivity contribution >= 4 is 16.7 Å². The molecule has 0 radical (unpaired) electrons. The maximum Gasteiger partial charge on any atom is 0.254 e. The molecule has 152 valence electrons. The molecule has 0 saturated heterocycles. The lowest BCUT2D eigenvalue weighted by molar-refractivity contribution is -0.136. The number of amides is 1. The van der Waals surface area contributed by atoms with Crippen molar-refractivity contribution in [3.8, 4) is 0 Å². The highest BCUT2D eigenvalue weighted by Gasteiger charge is 2.55. The van der Waals surface area contributed by atoms with Crippen LogP contribution in [0.3, 0.4) is 0 Å². The number of hydrogen-bond acceptors (Lipinski definition) is 5. The Bertz CT molecular complexity index is 807. The normalized spacial score (nSPS) is 37.9. The minimum absolute atomic E-state index is 0.0974. The van der Waals surface area contributed by atoms with Gasteiger partial charge in [0.1, 0.15) is 0 Å². The molecule has 6 nitrogen and oxygen atoms in total. The minimum Gasteiger partial charge on any atom is -0.390 e. The first-order valence-corrected chi connectivity index (χ1v) is 12.2. The molecular weight excluding hydrogens is 374 g/mol. The van der Waals surface area contributed by atoms with Gasteiger partial charge in [-0.05, 0) is 62.7 Å². The van der Waals surface area contributed by atoms with E-state index in [4.69, 9.17) is 0 Å². The Labute approximate surface area is 168 Å². The fourth-order valence-corrected chi connectivity index (χ4v) is 7.08. The molecule has 5 saturated carbocycles. The number of aromatic nitrogens is 2. The van der Waals surface area contributed by atoms with Gasteiger partial charge >= 0.3 is 0 Å². The molecule has 5 fully saturated rings. The number of hydrogen-bond donors (Lipinski definition) is 2. The largest absolute Gasteiger partial charge is 0.390 e. The topological polar surface area (TPSA) is 92.2 Å². The van der Waals surface area contributed by atoms with Gasteiger partial charge in [0.15, 0.2) is 0 Å². The van der Waals surface area contributed by atoms with E-state index in [0.717, 1.165) is 63.5 Å². The van der Waals surface area contributed by atoms with Crippen LogP contribution in [0.4, 0.5) is 0 Å². The lowest BCUT2D eigenvalue weighted by Crippen LogP contribution is -2.61. The van der Waals surface area contributed by atoms with Crippen LogP contribution in [0.1, 0.15) is 79.8 Å². The van der Waals surface area contributed by atoms with Gasteiger partial charge in [0.05, 0.1) is 27.7 Å². The Kier molecular flexibility index (Phi) is 4.58. The van der Waals surface area contributed by atoms with Gasteiger partial charge in [0, 0.05) is 24.4 Å². The van der Waals surface area contributed by atoms with E-state index in [1.807, 2.05) is 0 Å². The van der Waals surface area contributed by atoms with Crippen molar-refractivity contribution in [1.29, 1.82) is 0 Å². The molecular formula is C21H29N3O3S. The van der Waals surface area contributed by atoms with Gasteiger partial charge in [0.25, 0.3) is 5.91 Å². The molecule has 1 aromatic rings. The number of aliphatic hydroxyl groups is 1. The highest BCUT2D eigenvalue weighted by Crippen LogP contribution is 2.55. The predicted molar refractivity (Wildman–Crippen MR) is 105 cm³/mol. The highest BCUT2D eigenvalue weighted by atomic mass is 32.2. The lowest BCUT2D eigenvalue weighted by Gasteiger charge is -2.58. The van der Waals surface area contributed by atoms with Crippen LogP contribution < -0.4 is 5.32 Å². The summed E-state index contributed by atoms with van der Waals surface area (Å²) in [7, 11) is -1.26. The lowest BCUT2D eigenvalue weighted by atomic mass is 9.52. The predicted octanol–water partition coefficient (Wildman–Crippen LogP) is 2.54. The standard InChI is InChI=1S/C21H29N3O3S/c1-28(27)20-22-11-16(18(24-20)13-4-2-3-5-13)19(25)23-17-14-6-12-7-15(17)10-21(26,8-12)9-14/h11-15,17,26H,2-10H2,1H3,(H,23,25). The van der Waals surface area contributed by atoms with Crippen LogP contribution >= 0.6 is 0 Å². The second-order valence-corrected chi connectivity index (χ2v) is 10.9. The summed E-state index contributed by atoms with van der Waals surface area (Å²) in [5.74, 6) is 1.52. The first-order valence-electron chi connectivity index (χ1n) is 10.7. The van der Waals surface area contributed by atoms with E-state index >= 15 is 0 Å². The van der Waals surface area contributed by atoms with E-state index in [1.54, 1.807) is 12.5 Å². The zero-order valence-electron chi connectivity index (χ0n) is 16.4. The molecule has 3 atom stereocenters. The summed E-state index contributed by atoms with van der Waals surface area (Å²) in [6, 6.07) is 0.140. The van der Waals surface area contributed by atoms with E-state index in [1.165, 1.54) is 0 Å². The van der Waals surface area contributed by atoms with Crippen molar-refractivity contribution in [2.24, 2.45) is 17.8 Å². The Morgan fingerprint density at radius 1 is 1.21 bits per heavy atom. The van der Waals surface area contributed by atoms with Crippen molar-refractivity contribution in [1.82, 2.24) is 15.3 Å². The molecule has 0 aromatic carbocycles. The van der Waals surface area contributed by atoms with Crippen molar-refractivity contribution in [2.45, 2.75) is 80.5 Å². The summed E-state index contributed by atoms with van der Waals surface area (Å²) in [6.45, 7) is 0. The molecule has 1 aromatic heterocycles. The Hall–Kier alpha value is -1.34. The molecule has 4 bridgehead atoms. The molecule has 7 heteroatoms. The Morgan fingerprint density at radius 2 is 1.89 bits per heavy atom. The van der Waals surface area contributed by atoms with Gasteiger partial charge in [0.2, 0.25) is 5.16 Å². The zero-order chi connectivity index (χ0) is 19.5. The van der Waals surface area contributed by atoms with E-state index in [0.29, 0.717) is 28.5 Å². The zero-order valence-corrected chi connectivity index (χ0v) is 17.2. The smallest absolute Gasteiger partial charge is 0.254 e. The summed E-state index contributed by atoms with van der Waals surface area (Å²) in [5, 5.41) is 14.4. The van der Waals surface area contributed by atoms with E-state index < -0.39 is 16.4 Å².